The second kappa shape index (κ2) is 6.89. The van der Waals surface area contributed by atoms with Crippen molar-refractivity contribution in [3.63, 3.8) is 0 Å². The minimum Gasteiger partial charge on any atom is -0.480 e. The van der Waals surface area contributed by atoms with E-state index in [-0.39, 0.29) is 17.2 Å². The van der Waals surface area contributed by atoms with Gasteiger partial charge in [0.05, 0.1) is 5.25 Å². The van der Waals surface area contributed by atoms with Gasteiger partial charge in [0.15, 0.2) is 0 Å². The highest BCUT2D eigenvalue weighted by atomic mass is 32.2. The predicted octanol–water partition coefficient (Wildman–Crippen LogP) is 2.28. The Morgan fingerprint density at radius 3 is 2.12 bits per heavy atom. The summed E-state index contributed by atoms with van der Waals surface area (Å²) in [5, 5.41) is 11.6. The number of hydrogen-bond acceptors (Lipinski definition) is 3. The molecule has 0 aromatic carbocycles. The van der Waals surface area contributed by atoms with Gasteiger partial charge in [-0.2, -0.15) is 0 Å². The molecule has 0 aromatic rings. The lowest BCUT2D eigenvalue weighted by Crippen LogP contribution is -2.41. The van der Waals surface area contributed by atoms with Gasteiger partial charge in [0.2, 0.25) is 5.91 Å². The van der Waals surface area contributed by atoms with Gasteiger partial charge in [-0.15, -0.1) is 11.8 Å². The fraction of sp³-hybridized carbons (Fsp3) is 0.833. The maximum atomic E-state index is 11.8. The van der Waals surface area contributed by atoms with E-state index in [0.717, 1.165) is 12.8 Å². The number of carbonyl (C=O) groups is 2. The monoisotopic (exact) mass is 261 g/mol. The molecular weight excluding hydrogens is 238 g/mol. The van der Waals surface area contributed by atoms with E-state index in [2.05, 4.69) is 5.32 Å². The molecular formula is C12H23NO3S. The van der Waals surface area contributed by atoms with E-state index in [4.69, 9.17) is 5.11 Å². The van der Waals surface area contributed by atoms with Crippen molar-refractivity contribution in [2.75, 3.05) is 0 Å². The summed E-state index contributed by atoms with van der Waals surface area (Å²) in [6.07, 6.45) is 1.78. The highest BCUT2D eigenvalue weighted by Crippen LogP contribution is 2.29. The van der Waals surface area contributed by atoms with Crippen molar-refractivity contribution in [3.8, 4) is 0 Å². The van der Waals surface area contributed by atoms with Gasteiger partial charge in [0, 0.05) is 6.04 Å². The number of amides is 1. The van der Waals surface area contributed by atoms with Crippen LogP contribution in [0, 0.1) is 0 Å². The topological polar surface area (TPSA) is 66.4 Å². The van der Waals surface area contributed by atoms with Gasteiger partial charge in [0.25, 0.3) is 0 Å². The fourth-order valence-electron chi connectivity index (χ4n) is 1.36. The molecule has 0 radical (unpaired) electrons. The summed E-state index contributed by atoms with van der Waals surface area (Å²) in [5.74, 6) is -0.984. The van der Waals surface area contributed by atoms with Crippen molar-refractivity contribution >= 4 is 23.6 Å². The Labute approximate surface area is 108 Å². The van der Waals surface area contributed by atoms with Crippen LogP contribution in [0.4, 0.5) is 0 Å². The maximum Gasteiger partial charge on any atom is 0.319 e. The van der Waals surface area contributed by atoms with E-state index < -0.39 is 10.7 Å². The third kappa shape index (κ3) is 5.44. The minimum absolute atomic E-state index is 0.0852. The molecule has 5 heteroatoms. The van der Waals surface area contributed by atoms with Crippen LogP contribution in [0.1, 0.15) is 47.5 Å². The Balaban J connectivity index is 4.37. The van der Waals surface area contributed by atoms with Gasteiger partial charge in [0.1, 0.15) is 4.75 Å². The number of nitrogens with one attached hydrogen (secondary N) is 1. The first-order valence-electron chi connectivity index (χ1n) is 5.96. The molecule has 17 heavy (non-hydrogen) atoms. The lowest BCUT2D eigenvalue weighted by Gasteiger charge is -2.24. The SMILES string of the molecule is CCC(CC)NC(=O)C(C)SC(C)(C)C(=O)O. The molecule has 100 valence electrons. The molecule has 0 rings (SSSR count). The highest BCUT2D eigenvalue weighted by Gasteiger charge is 2.32. The van der Waals surface area contributed by atoms with Crippen LogP contribution < -0.4 is 5.32 Å². The van der Waals surface area contributed by atoms with Crippen LogP contribution in [-0.2, 0) is 9.59 Å². The molecule has 0 aliphatic rings. The van der Waals surface area contributed by atoms with Crippen LogP contribution in [0.15, 0.2) is 0 Å². The van der Waals surface area contributed by atoms with E-state index in [1.54, 1.807) is 20.8 Å². The lowest BCUT2D eigenvalue weighted by molar-refractivity contribution is -0.138. The zero-order valence-electron chi connectivity index (χ0n) is 11.2. The summed E-state index contributed by atoms with van der Waals surface area (Å²) < 4.78 is -0.940. The van der Waals surface area contributed by atoms with Crippen molar-refractivity contribution in [2.24, 2.45) is 0 Å². The summed E-state index contributed by atoms with van der Waals surface area (Å²) in [7, 11) is 0. The van der Waals surface area contributed by atoms with Crippen LogP contribution >= 0.6 is 11.8 Å². The third-order valence-corrected chi connectivity index (χ3v) is 4.02. The average Bonchev–Trinajstić information content (AvgIpc) is 2.24. The molecule has 4 nitrogen and oxygen atoms in total. The van der Waals surface area contributed by atoms with Crippen molar-refractivity contribution in [1.29, 1.82) is 0 Å². The van der Waals surface area contributed by atoms with Crippen LogP contribution in [0.3, 0.4) is 0 Å². The second-order valence-corrected chi connectivity index (χ2v) is 6.56. The molecule has 0 bridgehead atoms. The van der Waals surface area contributed by atoms with Gasteiger partial charge in [-0.25, -0.2) is 0 Å². The first-order chi connectivity index (χ1) is 7.74. The van der Waals surface area contributed by atoms with Crippen LogP contribution in [0.2, 0.25) is 0 Å². The molecule has 0 saturated carbocycles. The number of carboxylic acids is 1. The zero-order chi connectivity index (χ0) is 13.6. The van der Waals surface area contributed by atoms with E-state index in [1.807, 2.05) is 13.8 Å². The number of carboxylic acid groups (broad SMARTS) is 1. The Hall–Kier alpha value is -0.710. The van der Waals surface area contributed by atoms with E-state index in [1.165, 1.54) is 11.8 Å². The van der Waals surface area contributed by atoms with Crippen molar-refractivity contribution < 1.29 is 14.7 Å². The van der Waals surface area contributed by atoms with E-state index in [0.29, 0.717) is 0 Å². The van der Waals surface area contributed by atoms with Gasteiger partial charge < -0.3 is 10.4 Å². The Morgan fingerprint density at radius 2 is 1.76 bits per heavy atom. The maximum absolute atomic E-state index is 11.8. The van der Waals surface area contributed by atoms with Gasteiger partial charge in [-0.1, -0.05) is 13.8 Å². The van der Waals surface area contributed by atoms with Gasteiger partial charge in [-0.3, -0.25) is 9.59 Å². The smallest absolute Gasteiger partial charge is 0.319 e. The number of carbonyl (C=O) groups excluding carboxylic acids is 1. The number of thioether (sulfide) groups is 1. The Bertz CT molecular complexity index is 275. The summed E-state index contributed by atoms with van der Waals surface area (Å²) >= 11 is 1.17. The normalized spacial score (nSPS) is 13.5. The van der Waals surface area contributed by atoms with Crippen molar-refractivity contribution in [1.82, 2.24) is 5.32 Å². The summed E-state index contributed by atoms with van der Waals surface area (Å²) in [5.41, 5.74) is 0. The quantitative estimate of drug-likeness (QED) is 0.738. The third-order valence-electron chi connectivity index (χ3n) is 2.69. The second-order valence-electron chi connectivity index (χ2n) is 4.60. The first kappa shape index (κ1) is 16.3. The molecule has 0 aromatic heterocycles. The van der Waals surface area contributed by atoms with Gasteiger partial charge in [-0.05, 0) is 33.6 Å². The number of hydrogen-bond donors (Lipinski definition) is 2. The fourth-order valence-corrected chi connectivity index (χ4v) is 2.52. The van der Waals surface area contributed by atoms with E-state index >= 15 is 0 Å². The predicted molar refractivity (Wildman–Crippen MR) is 71.3 cm³/mol. The molecule has 0 aliphatic heterocycles. The summed E-state index contributed by atoms with van der Waals surface area (Å²) in [6, 6.07) is 0.179. The van der Waals surface area contributed by atoms with Crippen LogP contribution in [-0.4, -0.2) is 33.0 Å². The van der Waals surface area contributed by atoms with Crippen molar-refractivity contribution in [3.05, 3.63) is 0 Å². The highest BCUT2D eigenvalue weighted by molar-refractivity contribution is 8.02. The van der Waals surface area contributed by atoms with E-state index in [9.17, 15) is 9.59 Å². The molecule has 0 aliphatic carbocycles. The molecule has 2 N–H and O–H groups in total. The molecule has 1 unspecified atom stereocenters. The average molecular weight is 261 g/mol. The van der Waals surface area contributed by atoms with Crippen LogP contribution in [0.25, 0.3) is 0 Å². The zero-order valence-corrected chi connectivity index (χ0v) is 12.1. The molecule has 0 fully saturated rings. The molecule has 1 atom stereocenters. The number of rotatable bonds is 7. The molecule has 0 saturated heterocycles. The minimum atomic E-state index is -0.940. The first-order valence-corrected chi connectivity index (χ1v) is 6.84. The van der Waals surface area contributed by atoms with Gasteiger partial charge >= 0.3 is 5.97 Å². The molecule has 0 spiro atoms. The lowest BCUT2D eigenvalue weighted by atomic mass is 10.2. The molecule has 0 heterocycles. The largest absolute Gasteiger partial charge is 0.480 e. The Kier molecular flexibility index (Phi) is 6.60. The summed E-state index contributed by atoms with van der Waals surface area (Å²) in [4.78, 5) is 22.8. The molecule has 1 amide bonds. The summed E-state index contributed by atoms with van der Waals surface area (Å²) in [6.45, 7) is 9.01. The standard InChI is InChI=1S/C12H23NO3S/c1-6-9(7-2)13-10(14)8(3)17-12(4,5)11(15)16/h8-9H,6-7H2,1-5H3,(H,13,14)(H,15,16). The Morgan fingerprint density at radius 1 is 1.29 bits per heavy atom. The number of aliphatic carboxylic acids is 1. The van der Waals surface area contributed by atoms with Crippen LogP contribution in [0.5, 0.6) is 0 Å². The van der Waals surface area contributed by atoms with Crippen molar-refractivity contribution in [2.45, 2.75) is 63.5 Å².